The van der Waals surface area contributed by atoms with E-state index in [1.165, 1.54) is 39.4 Å². The zero-order valence-electron chi connectivity index (χ0n) is 14.4. The van der Waals surface area contributed by atoms with Gasteiger partial charge in [-0.2, -0.15) is 0 Å². The molecule has 2 rings (SSSR count). The van der Waals surface area contributed by atoms with E-state index in [9.17, 15) is 13.2 Å². The van der Waals surface area contributed by atoms with Gasteiger partial charge in [-0.1, -0.05) is 41.4 Å². The Kier molecular flexibility index (Phi) is 6.52. The molecule has 6 nitrogen and oxygen atoms in total. The Morgan fingerprint density at radius 3 is 2.27 bits per heavy atom. The second kappa shape index (κ2) is 8.26. The van der Waals surface area contributed by atoms with Gasteiger partial charge in [-0.25, -0.2) is 12.7 Å². The van der Waals surface area contributed by atoms with Gasteiger partial charge in [0, 0.05) is 26.2 Å². The third-order valence-electron chi connectivity index (χ3n) is 3.64. The van der Waals surface area contributed by atoms with Gasteiger partial charge >= 0.3 is 0 Å². The van der Waals surface area contributed by atoms with Crippen LogP contribution in [0.3, 0.4) is 0 Å². The maximum atomic E-state index is 12.4. The molecule has 140 valence electrons. The lowest BCUT2D eigenvalue weighted by molar-refractivity contribution is 0.0950. The van der Waals surface area contributed by atoms with Crippen molar-refractivity contribution in [2.75, 3.05) is 21.2 Å². The van der Waals surface area contributed by atoms with Gasteiger partial charge in [-0.05, 0) is 23.8 Å². The first-order chi connectivity index (χ1) is 12.2. The number of carbonyl (C=O) groups excluding carboxylic acids is 1. The van der Waals surface area contributed by atoms with Crippen molar-refractivity contribution in [2.45, 2.75) is 11.4 Å². The summed E-state index contributed by atoms with van der Waals surface area (Å²) in [6, 6.07) is 9.35. The summed E-state index contributed by atoms with van der Waals surface area (Å²) in [7, 11) is 0.707. The van der Waals surface area contributed by atoms with Crippen LogP contribution in [-0.4, -0.2) is 39.8 Å². The Bertz CT molecular complexity index is 907. The Morgan fingerprint density at radius 2 is 1.73 bits per heavy atom. The number of nitrogens with one attached hydrogen (secondary N) is 1. The second-order valence-corrected chi connectivity index (χ2v) is 8.49. The number of halogens is 2. The van der Waals surface area contributed by atoms with E-state index in [0.29, 0.717) is 5.56 Å². The normalized spacial score (nSPS) is 11.5. The van der Waals surface area contributed by atoms with Crippen LogP contribution in [0, 0.1) is 0 Å². The molecule has 1 amide bonds. The van der Waals surface area contributed by atoms with Crippen LogP contribution in [0.2, 0.25) is 10.0 Å². The van der Waals surface area contributed by atoms with Crippen LogP contribution in [0.15, 0.2) is 41.3 Å². The first-order valence-corrected chi connectivity index (χ1v) is 9.69. The highest BCUT2D eigenvalue weighted by atomic mass is 35.5. The van der Waals surface area contributed by atoms with Crippen LogP contribution < -0.4 is 10.1 Å². The van der Waals surface area contributed by atoms with Gasteiger partial charge in [0.15, 0.2) is 5.75 Å². The third-order valence-corrected chi connectivity index (χ3v) is 6.11. The minimum absolute atomic E-state index is 0.0311. The number of carbonyl (C=O) groups is 1. The molecule has 1 N–H and O–H groups in total. The number of methoxy groups -OCH3 is 1. The molecule has 0 spiro atoms. The van der Waals surface area contributed by atoms with Gasteiger partial charge in [0.25, 0.3) is 5.91 Å². The molecule has 26 heavy (non-hydrogen) atoms. The first kappa shape index (κ1) is 20.5. The van der Waals surface area contributed by atoms with Gasteiger partial charge in [0.05, 0.1) is 22.1 Å². The fourth-order valence-electron chi connectivity index (χ4n) is 2.26. The molecule has 0 aromatic heterocycles. The number of hydrogen-bond donors (Lipinski definition) is 1. The monoisotopic (exact) mass is 416 g/mol. The lowest BCUT2D eigenvalue weighted by Gasteiger charge is -2.15. The van der Waals surface area contributed by atoms with Crippen molar-refractivity contribution >= 4 is 39.1 Å². The molecule has 0 heterocycles. The maximum Gasteiger partial charge on any atom is 0.251 e. The molecule has 0 saturated carbocycles. The number of rotatable bonds is 6. The molecule has 0 bridgehead atoms. The van der Waals surface area contributed by atoms with E-state index in [0.717, 1.165) is 4.31 Å². The van der Waals surface area contributed by atoms with Crippen molar-refractivity contribution in [3.63, 3.8) is 0 Å². The number of amides is 1. The predicted molar refractivity (Wildman–Crippen MR) is 101 cm³/mol. The molecule has 2 aromatic carbocycles. The van der Waals surface area contributed by atoms with Crippen molar-refractivity contribution in [3.8, 4) is 5.75 Å². The van der Waals surface area contributed by atoms with Crippen LogP contribution in [0.4, 0.5) is 0 Å². The number of sulfonamides is 1. The molecule has 9 heteroatoms. The van der Waals surface area contributed by atoms with E-state index < -0.39 is 15.9 Å². The number of benzene rings is 2. The van der Waals surface area contributed by atoms with Gasteiger partial charge in [-0.3, -0.25) is 4.79 Å². The van der Waals surface area contributed by atoms with Gasteiger partial charge in [0.1, 0.15) is 0 Å². The summed E-state index contributed by atoms with van der Waals surface area (Å²) in [5.74, 6) is -0.152. The topological polar surface area (TPSA) is 75.7 Å². The van der Waals surface area contributed by atoms with E-state index in [-0.39, 0.29) is 32.8 Å². The highest BCUT2D eigenvalue weighted by Crippen LogP contribution is 2.33. The number of nitrogens with zero attached hydrogens (tertiary/aromatic N) is 1. The fourth-order valence-corrected chi connectivity index (χ4v) is 4.02. The molecule has 0 atom stereocenters. The zero-order chi connectivity index (χ0) is 19.5. The number of ether oxygens (including phenoxy) is 1. The summed E-state index contributed by atoms with van der Waals surface area (Å²) >= 11 is 12.1. The van der Waals surface area contributed by atoms with Crippen LogP contribution in [0.5, 0.6) is 5.75 Å². The molecule has 0 saturated heterocycles. The maximum absolute atomic E-state index is 12.4. The zero-order valence-corrected chi connectivity index (χ0v) is 16.7. The summed E-state index contributed by atoms with van der Waals surface area (Å²) in [6.45, 7) is 0.0311. The predicted octanol–water partition coefficient (Wildman–Crippen LogP) is 3.18. The largest absolute Gasteiger partial charge is 0.494 e. The van der Waals surface area contributed by atoms with Crippen molar-refractivity contribution in [1.29, 1.82) is 0 Å². The summed E-state index contributed by atoms with van der Waals surface area (Å²) in [6.07, 6.45) is 0. The van der Waals surface area contributed by atoms with Gasteiger partial charge in [-0.15, -0.1) is 0 Å². The quantitative estimate of drug-likeness (QED) is 0.784. The fraction of sp³-hybridized carbons (Fsp3) is 0.235. The van der Waals surface area contributed by atoms with Gasteiger partial charge < -0.3 is 10.1 Å². The minimum atomic E-state index is -3.62. The minimum Gasteiger partial charge on any atom is -0.494 e. The SMILES string of the molecule is COc1c(Cl)cc(C(=O)NCc2ccccc2S(=O)(=O)N(C)C)cc1Cl. The van der Waals surface area contributed by atoms with Crippen LogP contribution in [-0.2, 0) is 16.6 Å². The average Bonchev–Trinajstić information content (AvgIpc) is 2.59. The van der Waals surface area contributed by atoms with Crippen LogP contribution in [0.1, 0.15) is 15.9 Å². The molecule has 0 unspecified atom stereocenters. The Morgan fingerprint density at radius 1 is 1.15 bits per heavy atom. The van der Waals surface area contributed by atoms with Crippen molar-refractivity contribution in [3.05, 3.63) is 57.6 Å². The molecule has 2 aromatic rings. The van der Waals surface area contributed by atoms with E-state index in [1.54, 1.807) is 18.2 Å². The molecular formula is C17H18Cl2N2O4S. The van der Waals surface area contributed by atoms with E-state index >= 15 is 0 Å². The van der Waals surface area contributed by atoms with E-state index in [1.807, 2.05) is 0 Å². The summed E-state index contributed by atoms with van der Waals surface area (Å²) in [4.78, 5) is 12.5. The molecule has 0 fully saturated rings. The Balaban J connectivity index is 2.24. The molecular weight excluding hydrogens is 399 g/mol. The van der Waals surface area contributed by atoms with Crippen LogP contribution >= 0.6 is 23.2 Å². The smallest absolute Gasteiger partial charge is 0.251 e. The highest BCUT2D eigenvalue weighted by molar-refractivity contribution is 7.89. The first-order valence-electron chi connectivity index (χ1n) is 7.50. The Hall–Kier alpha value is -1.80. The molecule has 0 aliphatic rings. The molecule has 0 aliphatic carbocycles. The third kappa shape index (κ3) is 4.29. The van der Waals surface area contributed by atoms with Crippen molar-refractivity contribution < 1.29 is 17.9 Å². The summed E-state index contributed by atoms with van der Waals surface area (Å²) in [5, 5.41) is 3.10. The second-order valence-electron chi connectivity index (χ2n) is 5.55. The molecule has 0 radical (unpaired) electrons. The van der Waals surface area contributed by atoms with E-state index in [2.05, 4.69) is 5.32 Å². The van der Waals surface area contributed by atoms with Crippen molar-refractivity contribution in [1.82, 2.24) is 9.62 Å². The standard InChI is InChI=1S/C17H18Cl2N2O4S/c1-21(2)26(23,24)15-7-5-4-6-11(15)10-20-17(22)12-8-13(18)16(25-3)14(19)9-12/h4-9H,10H2,1-3H3,(H,20,22). The highest BCUT2D eigenvalue weighted by Gasteiger charge is 2.21. The Labute approximate surface area is 162 Å². The van der Waals surface area contributed by atoms with Gasteiger partial charge in [0.2, 0.25) is 10.0 Å². The summed E-state index contributed by atoms with van der Waals surface area (Å²) in [5.41, 5.74) is 0.717. The molecule has 0 aliphatic heterocycles. The number of hydrogen-bond acceptors (Lipinski definition) is 4. The summed E-state index contributed by atoms with van der Waals surface area (Å²) < 4.78 is 31.0. The lowest BCUT2D eigenvalue weighted by Crippen LogP contribution is -2.27. The average molecular weight is 417 g/mol. The van der Waals surface area contributed by atoms with Crippen LogP contribution in [0.25, 0.3) is 0 Å². The van der Waals surface area contributed by atoms with E-state index in [4.69, 9.17) is 27.9 Å². The van der Waals surface area contributed by atoms with Crippen molar-refractivity contribution in [2.24, 2.45) is 0 Å². The lowest BCUT2D eigenvalue weighted by atomic mass is 10.2.